The molecule has 1 fully saturated rings. The predicted octanol–water partition coefficient (Wildman–Crippen LogP) is 1.38. The highest BCUT2D eigenvalue weighted by Crippen LogP contribution is 2.18. The SMILES string of the molecule is C[C@H](Nc1cccc(C(N)=O)n1)C(=O)N1CCCC[C@H]1C. The van der Waals surface area contributed by atoms with Crippen molar-refractivity contribution in [1.82, 2.24) is 9.88 Å². The summed E-state index contributed by atoms with van der Waals surface area (Å²) >= 11 is 0. The highest BCUT2D eigenvalue weighted by molar-refractivity contribution is 5.91. The van der Waals surface area contributed by atoms with Gasteiger partial charge in [-0.05, 0) is 45.2 Å². The second kappa shape index (κ2) is 6.56. The Balaban J connectivity index is 2.03. The molecule has 0 saturated carbocycles. The molecular weight excluding hydrogens is 268 g/mol. The van der Waals surface area contributed by atoms with Crippen molar-refractivity contribution in [3.8, 4) is 0 Å². The van der Waals surface area contributed by atoms with Gasteiger partial charge in [-0.25, -0.2) is 4.98 Å². The molecule has 0 bridgehead atoms. The Morgan fingerprint density at radius 3 is 2.86 bits per heavy atom. The number of nitrogens with two attached hydrogens (primary N) is 1. The van der Waals surface area contributed by atoms with Gasteiger partial charge in [-0.2, -0.15) is 0 Å². The Kier molecular flexibility index (Phi) is 4.77. The number of hydrogen-bond donors (Lipinski definition) is 2. The smallest absolute Gasteiger partial charge is 0.267 e. The maximum absolute atomic E-state index is 12.5. The van der Waals surface area contributed by atoms with E-state index in [1.54, 1.807) is 18.2 Å². The van der Waals surface area contributed by atoms with Gasteiger partial charge in [-0.3, -0.25) is 9.59 Å². The molecule has 1 aromatic rings. The first-order chi connectivity index (χ1) is 9.99. The maximum Gasteiger partial charge on any atom is 0.267 e. The number of nitrogens with one attached hydrogen (secondary N) is 1. The molecule has 21 heavy (non-hydrogen) atoms. The van der Waals surface area contributed by atoms with E-state index in [4.69, 9.17) is 5.73 Å². The molecule has 2 atom stereocenters. The summed E-state index contributed by atoms with van der Waals surface area (Å²) in [4.78, 5) is 29.6. The lowest BCUT2D eigenvalue weighted by atomic mass is 10.0. The van der Waals surface area contributed by atoms with Crippen molar-refractivity contribution < 1.29 is 9.59 Å². The lowest BCUT2D eigenvalue weighted by Gasteiger charge is -2.35. The number of hydrogen-bond acceptors (Lipinski definition) is 4. The summed E-state index contributed by atoms with van der Waals surface area (Å²) < 4.78 is 0. The van der Waals surface area contributed by atoms with Gasteiger partial charge in [0.15, 0.2) is 0 Å². The Labute approximate surface area is 124 Å². The van der Waals surface area contributed by atoms with Crippen LogP contribution in [-0.2, 0) is 4.79 Å². The molecule has 6 nitrogen and oxygen atoms in total. The van der Waals surface area contributed by atoms with Crippen LogP contribution in [0.25, 0.3) is 0 Å². The third kappa shape index (κ3) is 3.71. The van der Waals surface area contributed by atoms with Gasteiger partial charge in [0, 0.05) is 12.6 Å². The molecule has 2 amide bonds. The molecule has 1 aromatic heterocycles. The monoisotopic (exact) mass is 290 g/mol. The fraction of sp³-hybridized carbons (Fsp3) is 0.533. The minimum absolute atomic E-state index is 0.0634. The summed E-state index contributed by atoms with van der Waals surface area (Å²) in [5.41, 5.74) is 5.39. The van der Waals surface area contributed by atoms with Crippen molar-refractivity contribution in [3.05, 3.63) is 23.9 Å². The van der Waals surface area contributed by atoms with E-state index in [0.29, 0.717) is 5.82 Å². The first kappa shape index (κ1) is 15.3. The van der Waals surface area contributed by atoms with Crippen molar-refractivity contribution >= 4 is 17.6 Å². The molecule has 2 rings (SSSR count). The van der Waals surface area contributed by atoms with Crippen LogP contribution in [0.15, 0.2) is 18.2 Å². The maximum atomic E-state index is 12.5. The van der Waals surface area contributed by atoms with E-state index in [1.807, 2.05) is 11.8 Å². The quantitative estimate of drug-likeness (QED) is 0.877. The van der Waals surface area contributed by atoms with Gasteiger partial charge in [-0.15, -0.1) is 0 Å². The number of likely N-dealkylation sites (tertiary alicyclic amines) is 1. The third-order valence-electron chi connectivity index (χ3n) is 3.82. The number of amides is 2. The van der Waals surface area contributed by atoms with E-state index in [-0.39, 0.29) is 23.7 Å². The summed E-state index contributed by atoms with van der Waals surface area (Å²) in [5, 5.41) is 3.04. The van der Waals surface area contributed by atoms with Gasteiger partial charge in [-0.1, -0.05) is 6.07 Å². The zero-order valence-corrected chi connectivity index (χ0v) is 12.5. The largest absolute Gasteiger partial charge is 0.364 e. The lowest BCUT2D eigenvalue weighted by Crippen LogP contribution is -2.48. The van der Waals surface area contributed by atoms with Gasteiger partial charge in [0.25, 0.3) is 5.91 Å². The molecular formula is C15H22N4O2. The van der Waals surface area contributed by atoms with Gasteiger partial charge >= 0.3 is 0 Å². The molecule has 1 saturated heterocycles. The zero-order chi connectivity index (χ0) is 15.4. The van der Waals surface area contributed by atoms with Crippen LogP contribution in [0.5, 0.6) is 0 Å². The summed E-state index contributed by atoms with van der Waals surface area (Å²) in [6, 6.07) is 4.85. The normalized spacial score (nSPS) is 19.9. The van der Waals surface area contributed by atoms with Crippen molar-refractivity contribution in [1.29, 1.82) is 0 Å². The topological polar surface area (TPSA) is 88.3 Å². The number of pyridine rings is 1. The highest BCUT2D eigenvalue weighted by atomic mass is 16.2. The number of nitrogens with zero attached hydrogens (tertiary/aromatic N) is 2. The number of carbonyl (C=O) groups excluding carboxylic acids is 2. The number of anilines is 1. The van der Waals surface area contributed by atoms with Crippen LogP contribution in [0.2, 0.25) is 0 Å². The van der Waals surface area contributed by atoms with Crippen molar-refractivity contribution in [2.24, 2.45) is 5.73 Å². The van der Waals surface area contributed by atoms with Gasteiger partial charge in [0.1, 0.15) is 17.6 Å². The Morgan fingerprint density at radius 2 is 2.19 bits per heavy atom. The fourth-order valence-corrected chi connectivity index (χ4v) is 2.61. The standard InChI is InChI=1S/C15H22N4O2/c1-10-6-3-4-9-19(10)15(21)11(2)17-13-8-5-7-12(18-13)14(16)20/h5,7-8,10-11H,3-4,6,9H2,1-2H3,(H2,16,20)(H,17,18)/t10-,11+/m1/s1. The van der Waals surface area contributed by atoms with Gasteiger partial charge in [0.2, 0.25) is 5.91 Å². The summed E-state index contributed by atoms with van der Waals surface area (Å²) in [7, 11) is 0. The summed E-state index contributed by atoms with van der Waals surface area (Å²) in [5.74, 6) is -0.0347. The van der Waals surface area contributed by atoms with Crippen molar-refractivity contribution in [2.75, 3.05) is 11.9 Å². The minimum Gasteiger partial charge on any atom is -0.364 e. The average Bonchev–Trinajstić information content (AvgIpc) is 2.47. The number of rotatable bonds is 4. The molecule has 1 aliphatic rings. The van der Waals surface area contributed by atoms with Gasteiger partial charge < -0.3 is 16.0 Å². The molecule has 0 radical (unpaired) electrons. The Bertz CT molecular complexity index is 532. The molecule has 3 N–H and O–H groups in total. The van der Waals surface area contributed by atoms with Crippen LogP contribution in [0.4, 0.5) is 5.82 Å². The zero-order valence-electron chi connectivity index (χ0n) is 12.5. The van der Waals surface area contributed by atoms with Crippen LogP contribution >= 0.6 is 0 Å². The van der Waals surface area contributed by atoms with Crippen LogP contribution in [-0.4, -0.2) is 40.3 Å². The van der Waals surface area contributed by atoms with E-state index in [2.05, 4.69) is 17.2 Å². The summed E-state index contributed by atoms with van der Waals surface area (Å²) in [6.45, 7) is 4.69. The summed E-state index contributed by atoms with van der Waals surface area (Å²) in [6.07, 6.45) is 3.28. The minimum atomic E-state index is -0.581. The molecule has 1 aliphatic heterocycles. The Morgan fingerprint density at radius 1 is 1.43 bits per heavy atom. The number of piperidine rings is 1. The van der Waals surface area contributed by atoms with Crippen LogP contribution in [0.1, 0.15) is 43.6 Å². The van der Waals surface area contributed by atoms with E-state index < -0.39 is 5.91 Å². The van der Waals surface area contributed by atoms with Gasteiger partial charge in [0.05, 0.1) is 0 Å². The molecule has 0 aliphatic carbocycles. The highest BCUT2D eigenvalue weighted by Gasteiger charge is 2.27. The average molecular weight is 290 g/mol. The fourth-order valence-electron chi connectivity index (χ4n) is 2.61. The number of primary amides is 1. The Hall–Kier alpha value is -2.11. The van der Waals surface area contributed by atoms with E-state index in [9.17, 15) is 9.59 Å². The second-order valence-corrected chi connectivity index (χ2v) is 5.51. The van der Waals surface area contributed by atoms with E-state index in [0.717, 1.165) is 19.4 Å². The lowest BCUT2D eigenvalue weighted by molar-refractivity contribution is -0.134. The van der Waals surface area contributed by atoms with E-state index >= 15 is 0 Å². The van der Waals surface area contributed by atoms with Crippen LogP contribution in [0, 0.1) is 0 Å². The molecule has 0 aromatic carbocycles. The molecule has 2 heterocycles. The number of aromatic nitrogens is 1. The predicted molar refractivity (Wildman–Crippen MR) is 80.9 cm³/mol. The van der Waals surface area contributed by atoms with Crippen LogP contribution in [0.3, 0.4) is 0 Å². The first-order valence-electron chi connectivity index (χ1n) is 7.33. The molecule has 0 unspecified atom stereocenters. The third-order valence-corrected chi connectivity index (χ3v) is 3.82. The molecule has 0 spiro atoms. The van der Waals surface area contributed by atoms with Crippen molar-refractivity contribution in [2.45, 2.75) is 45.2 Å². The molecule has 114 valence electrons. The van der Waals surface area contributed by atoms with Crippen LogP contribution < -0.4 is 11.1 Å². The second-order valence-electron chi connectivity index (χ2n) is 5.51. The first-order valence-corrected chi connectivity index (χ1v) is 7.33. The molecule has 6 heteroatoms. The number of carbonyl (C=O) groups is 2. The van der Waals surface area contributed by atoms with Crippen molar-refractivity contribution in [3.63, 3.8) is 0 Å². The van der Waals surface area contributed by atoms with E-state index in [1.165, 1.54) is 6.42 Å².